The van der Waals surface area contributed by atoms with Gasteiger partial charge in [0, 0.05) is 6.54 Å². The smallest absolute Gasteiger partial charge is 0.334 e. The summed E-state index contributed by atoms with van der Waals surface area (Å²) in [4.78, 5) is 21.8. The third-order valence-electron chi connectivity index (χ3n) is 2.23. The van der Waals surface area contributed by atoms with E-state index in [0.717, 1.165) is 12.1 Å². The molecule has 0 atom stereocenters. The lowest BCUT2D eigenvalue weighted by Crippen LogP contribution is -2.37. The summed E-state index contributed by atoms with van der Waals surface area (Å²) in [5.41, 5.74) is -0.205. The minimum Gasteiger partial charge on any atom is -0.334 e. The van der Waals surface area contributed by atoms with E-state index in [0.29, 0.717) is 5.56 Å². The van der Waals surface area contributed by atoms with Gasteiger partial charge in [-0.3, -0.25) is 4.79 Å². The van der Waals surface area contributed by atoms with E-state index >= 15 is 0 Å². The largest absolute Gasteiger partial charge is 0.416 e. The molecule has 2 amide bonds. The molecule has 104 valence electrons. The van der Waals surface area contributed by atoms with Crippen molar-refractivity contribution in [3.8, 4) is 0 Å². The zero-order chi connectivity index (χ0) is 14.5. The van der Waals surface area contributed by atoms with E-state index in [-0.39, 0.29) is 18.9 Å². The summed E-state index contributed by atoms with van der Waals surface area (Å²) in [6.45, 7) is 1.33. The molecule has 0 unspecified atom stereocenters. The van der Waals surface area contributed by atoms with Gasteiger partial charge in [-0.2, -0.15) is 13.2 Å². The lowest BCUT2D eigenvalue weighted by molar-refractivity contribution is -0.137. The van der Waals surface area contributed by atoms with Crippen molar-refractivity contribution < 1.29 is 22.8 Å². The first-order chi connectivity index (χ1) is 8.79. The first kappa shape index (κ1) is 15.0. The van der Waals surface area contributed by atoms with E-state index in [2.05, 4.69) is 10.6 Å². The van der Waals surface area contributed by atoms with Gasteiger partial charge in [-0.15, -0.1) is 0 Å². The SMILES string of the molecule is CC(=O)CNC(=O)NCc1ccc(C(F)(F)F)cc1. The number of nitrogens with one attached hydrogen (secondary N) is 2. The first-order valence-electron chi connectivity index (χ1n) is 5.46. The van der Waals surface area contributed by atoms with Gasteiger partial charge in [-0.1, -0.05) is 12.1 Å². The van der Waals surface area contributed by atoms with Gasteiger partial charge in [0.15, 0.2) is 0 Å². The molecule has 2 N–H and O–H groups in total. The number of carbonyl (C=O) groups is 2. The highest BCUT2D eigenvalue weighted by Gasteiger charge is 2.29. The van der Waals surface area contributed by atoms with Crippen LogP contribution in [-0.4, -0.2) is 18.4 Å². The predicted octanol–water partition coefficient (Wildman–Crippen LogP) is 2.09. The van der Waals surface area contributed by atoms with Crippen LogP contribution in [0.4, 0.5) is 18.0 Å². The summed E-state index contributed by atoms with van der Waals surface area (Å²) in [5.74, 6) is -0.190. The monoisotopic (exact) mass is 274 g/mol. The van der Waals surface area contributed by atoms with E-state index in [1.54, 1.807) is 0 Å². The highest BCUT2D eigenvalue weighted by molar-refractivity contribution is 5.83. The van der Waals surface area contributed by atoms with Crippen LogP contribution in [0.15, 0.2) is 24.3 Å². The Morgan fingerprint density at radius 2 is 1.68 bits per heavy atom. The van der Waals surface area contributed by atoms with Crippen molar-refractivity contribution in [3.63, 3.8) is 0 Å². The summed E-state index contributed by atoms with van der Waals surface area (Å²) in [6, 6.07) is 3.92. The number of benzene rings is 1. The maximum Gasteiger partial charge on any atom is 0.416 e. The summed E-state index contributed by atoms with van der Waals surface area (Å²) in [7, 11) is 0. The molecule has 0 aliphatic heterocycles. The summed E-state index contributed by atoms with van der Waals surface area (Å²) >= 11 is 0. The third-order valence-corrected chi connectivity index (χ3v) is 2.23. The summed E-state index contributed by atoms with van der Waals surface area (Å²) in [6.07, 6.45) is -4.37. The average Bonchev–Trinajstić information content (AvgIpc) is 2.33. The van der Waals surface area contributed by atoms with Crippen LogP contribution in [0.5, 0.6) is 0 Å². The van der Waals surface area contributed by atoms with Gasteiger partial charge < -0.3 is 10.6 Å². The molecule has 0 aromatic heterocycles. The molecule has 0 heterocycles. The number of urea groups is 1. The second kappa shape index (κ2) is 6.21. The van der Waals surface area contributed by atoms with Gasteiger partial charge in [0.1, 0.15) is 5.78 Å². The number of Topliss-reactive ketones (excluding diaryl/α,β-unsaturated/α-hetero) is 1. The Bertz CT molecular complexity index is 455. The number of alkyl halides is 3. The molecule has 0 fully saturated rings. The molecule has 0 aliphatic carbocycles. The second-order valence-electron chi connectivity index (χ2n) is 3.93. The van der Waals surface area contributed by atoms with E-state index in [9.17, 15) is 22.8 Å². The second-order valence-corrected chi connectivity index (χ2v) is 3.93. The number of rotatable bonds is 4. The number of amides is 2. The molecule has 4 nitrogen and oxygen atoms in total. The molecular weight excluding hydrogens is 261 g/mol. The van der Waals surface area contributed by atoms with Gasteiger partial charge in [0.05, 0.1) is 12.1 Å². The van der Waals surface area contributed by atoms with Crippen molar-refractivity contribution in [2.24, 2.45) is 0 Å². The maximum absolute atomic E-state index is 12.3. The number of hydrogen-bond acceptors (Lipinski definition) is 2. The molecule has 1 aromatic rings. The maximum atomic E-state index is 12.3. The Hall–Kier alpha value is -2.05. The fraction of sp³-hybridized carbons (Fsp3) is 0.333. The zero-order valence-electron chi connectivity index (χ0n) is 10.2. The van der Waals surface area contributed by atoms with E-state index in [1.165, 1.54) is 19.1 Å². The third kappa shape index (κ3) is 5.41. The van der Waals surface area contributed by atoms with E-state index in [4.69, 9.17) is 0 Å². The van der Waals surface area contributed by atoms with Crippen molar-refractivity contribution in [2.75, 3.05) is 6.54 Å². The Morgan fingerprint density at radius 3 is 2.16 bits per heavy atom. The van der Waals surface area contributed by atoms with Crippen LogP contribution in [0.1, 0.15) is 18.1 Å². The van der Waals surface area contributed by atoms with Crippen LogP contribution in [0.2, 0.25) is 0 Å². The van der Waals surface area contributed by atoms with Crippen molar-refractivity contribution in [3.05, 3.63) is 35.4 Å². The molecule has 0 saturated carbocycles. The van der Waals surface area contributed by atoms with Crippen molar-refractivity contribution in [1.82, 2.24) is 10.6 Å². The zero-order valence-corrected chi connectivity index (χ0v) is 10.2. The Morgan fingerprint density at radius 1 is 1.11 bits per heavy atom. The molecule has 0 saturated heterocycles. The molecule has 7 heteroatoms. The fourth-order valence-electron chi connectivity index (χ4n) is 1.26. The fourth-order valence-corrected chi connectivity index (χ4v) is 1.26. The quantitative estimate of drug-likeness (QED) is 0.883. The molecule has 0 aliphatic rings. The van der Waals surface area contributed by atoms with Crippen LogP contribution in [0.25, 0.3) is 0 Å². The Kier molecular flexibility index (Phi) is 4.91. The predicted molar refractivity (Wildman–Crippen MR) is 62.4 cm³/mol. The standard InChI is InChI=1S/C12H13F3N2O2/c1-8(18)6-16-11(19)17-7-9-2-4-10(5-3-9)12(13,14)15/h2-5H,6-7H2,1H3,(H2,16,17,19). The first-order valence-corrected chi connectivity index (χ1v) is 5.46. The minimum atomic E-state index is -4.37. The lowest BCUT2D eigenvalue weighted by atomic mass is 10.1. The topological polar surface area (TPSA) is 58.2 Å². The van der Waals surface area contributed by atoms with Gasteiger partial charge in [0.2, 0.25) is 0 Å². The number of ketones is 1. The van der Waals surface area contributed by atoms with Crippen LogP contribution in [-0.2, 0) is 17.5 Å². The Balaban J connectivity index is 2.46. The van der Waals surface area contributed by atoms with E-state index < -0.39 is 17.8 Å². The van der Waals surface area contributed by atoms with Crippen LogP contribution in [0.3, 0.4) is 0 Å². The Labute approximate surface area is 108 Å². The highest BCUT2D eigenvalue weighted by Crippen LogP contribution is 2.28. The molecule has 0 spiro atoms. The van der Waals surface area contributed by atoms with Gasteiger partial charge in [0.25, 0.3) is 0 Å². The number of hydrogen-bond donors (Lipinski definition) is 2. The molecule has 1 aromatic carbocycles. The summed E-state index contributed by atoms with van der Waals surface area (Å²) in [5, 5.41) is 4.74. The van der Waals surface area contributed by atoms with Crippen LogP contribution in [0, 0.1) is 0 Å². The van der Waals surface area contributed by atoms with Crippen molar-refractivity contribution >= 4 is 11.8 Å². The molecule has 0 bridgehead atoms. The van der Waals surface area contributed by atoms with Gasteiger partial charge in [-0.25, -0.2) is 4.79 Å². The van der Waals surface area contributed by atoms with Gasteiger partial charge >= 0.3 is 12.2 Å². The van der Waals surface area contributed by atoms with Crippen molar-refractivity contribution in [1.29, 1.82) is 0 Å². The van der Waals surface area contributed by atoms with Crippen molar-refractivity contribution in [2.45, 2.75) is 19.6 Å². The molecule has 1 rings (SSSR count). The average molecular weight is 274 g/mol. The lowest BCUT2D eigenvalue weighted by Gasteiger charge is -2.09. The highest BCUT2D eigenvalue weighted by atomic mass is 19.4. The minimum absolute atomic E-state index is 0.0845. The number of halogens is 3. The normalized spacial score (nSPS) is 10.9. The van der Waals surface area contributed by atoms with Crippen LogP contribution >= 0.6 is 0 Å². The molecule has 19 heavy (non-hydrogen) atoms. The van der Waals surface area contributed by atoms with E-state index in [1.807, 2.05) is 0 Å². The number of carbonyl (C=O) groups excluding carboxylic acids is 2. The molecule has 0 radical (unpaired) electrons. The summed E-state index contributed by atoms with van der Waals surface area (Å²) < 4.78 is 36.9. The van der Waals surface area contributed by atoms with Crippen LogP contribution < -0.4 is 10.6 Å². The van der Waals surface area contributed by atoms with Gasteiger partial charge in [-0.05, 0) is 24.6 Å². The molecular formula is C12H13F3N2O2.